The minimum atomic E-state index is -0.310. The van der Waals surface area contributed by atoms with Crippen LogP contribution in [-0.4, -0.2) is 30.4 Å². The summed E-state index contributed by atoms with van der Waals surface area (Å²) in [6.07, 6.45) is 5.31. The molecule has 0 bridgehead atoms. The zero-order valence-electron chi connectivity index (χ0n) is 11.7. The molecule has 100 valence electrons. The third-order valence-electron chi connectivity index (χ3n) is 4.58. The van der Waals surface area contributed by atoms with Gasteiger partial charge in [-0.2, -0.15) is 0 Å². The van der Waals surface area contributed by atoms with E-state index < -0.39 is 0 Å². The van der Waals surface area contributed by atoms with Crippen LogP contribution in [0.4, 0.5) is 0 Å². The summed E-state index contributed by atoms with van der Waals surface area (Å²) in [5.41, 5.74) is 5.55. The monoisotopic (exact) mass is 240 g/mol. The molecule has 17 heavy (non-hydrogen) atoms. The molecule has 1 atom stereocenters. The molecule has 0 aromatic carbocycles. The van der Waals surface area contributed by atoms with Crippen LogP contribution in [0.2, 0.25) is 0 Å². The fourth-order valence-electron chi connectivity index (χ4n) is 2.85. The Kier molecular flexibility index (Phi) is 5.44. The van der Waals surface area contributed by atoms with Gasteiger partial charge in [-0.25, -0.2) is 0 Å². The predicted molar refractivity (Wildman–Crippen MR) is 71.7 cm³/mol. The van der Waals surface area contributed by atoms with Crippen LogP contribution in [0.3, 0.4) is 0 Å². The smallest absolute Gasteiger partial charge is 0.230 e. The van der Waals surface area contributed by atoms with E-state index in [1.165, 1.54) is 12.8 Å². The van der Waals surface area contributed by atoms with Crippen LogP contribution < -0.4 is 5.73 Å². The lowest BCUT2D eigenvalue weighted by Crippen LogP contribution is -2.50. The molecule has 1 heterocycles. The molecule has 0 aromatic heterocycles. The van der Waals surface area contributed by atoms with Crippen molar-refractivity contribution in [3.8, 4) is 0 Å². The standard InChI is InChI=1S/C14H28N2O/c1-4-12-8-7-9-16(10-12)13(17)14(5-2,6-3)11-15/h12H,4-11,15H2,1-3H3. The normalized spacial score (nSPS) is 21.6. The van der Waals surface area contributed by atoms with Crippen LogP contribution in [0.15, 0.2) is 0 Å². The largest absolute Gasteiger partial charge is 0.342 e. The van der Waals surface area contributed by atoms with E-state index in [1.54, 1.807) is 0 Å². The van der Waals surface area contributed by atoms with E-state index in [0.717, 1.165) is 32.4 Å². The fourth-order valence-corrected chi connectivity index (χ4v) is 2.85. The molecule has 0 radical (unpaired) electrons. The van der Waals surface area contributed by atoms with Gasteiger partial charge in [0.05, 0.1) is 5.41 Å². The Morgan fingerprint density at radius 1 is 1.35 bits per heavy atom. The van der Waals surface area contributed by atoms with Crippen molar-refractivity contribution in [1.29, 1.82) is 0 Å². The van der Waals surface area contributed by atoms with Crippen LogP contribution in [-0.2, 0) is 4.79 Å². The van der Waals surface area contributed by atoms with Crippen LogP contribution in [0, 0.1) is 11.3 Å². The zero-order valence-corrected chi connectivity index (χ0v) is 11.7. The van der Waals surface area contributed by atoms with Gasteiger partial charge in [0, 0.05) is 19.6 Å². The number of piperidine rings is 1. The number of hydrogen-bond acceptors (Lipinski definition) is 2. The number of carbonyl (C=O) groups is 1. The maximum absolute atomic E-state index is 12.6. The Labute approximate surface area is 106 Å². The summed E-state index contributed by atoms with van der Waals surface area (Å²) in [5.74, 6) is 0.986. The summed E-state index contributed by atoms with van der Waals surface area (Å²) < 4.78 is 0. The van der Waals surface area contributed by atoms with Gasteiger partial charge in [-0.05, 0) is 31.6 Å². The molecule has 3 nitrogen and oxygen atoms in total. The molecule has 1 rings (SSSR count). The quantitative estimate of drug-likeness (QED) is 0.802. The molecular weight excluding hydrogens is 212 g/mol. The average Bonchev–Trinajstić information content (AvgIpc) is 2.41. The van der Waals surface area contributed by atoms with Crippen molar-refractivity contribution >= 4 is 5.91 Å². The van der Waals surface area contributed by atoms with Gasteiger partial charge in [-0.3, -0.25) is 4.79 Å². The summed E-state index contributed by atoms with van der Waals surface area (Å²) >= 11 is 0. The molecule has 0 aromatic rings. The van der Waals surface area contributed by atoms with E-state index in [0.29, 0.717) is 18.4 Å². The predicted octanol–water partition coefficient (Wildman–Crippen LogP) is 2.40. The van der Waals surface area contributed by atoms with E-state index in [4.69, 9.17) is 5.73 Å². The minimum Gasteiger partial charge on any atom is -0.342 e. The van der Waals surface area contributed by atoms with Gasteiger partial charge in [0.1, 0.15) is 0 Å². The number of amides is 1. The molecule has 1 amide bonds. The SMILES string of the molecule is CCC1CCCN(C(=O)C(CC)(CC)CN)C1. The summed E-state index contributed by atoms with van der Waals surface area (Å²) in [5, 5.41) is 0. The van der Waals surface area contributed by atoms with Crippen molar-refractivity contribution in [3.05, 3.63) is 0 Å². The summed E-state index contributed by atoms with van der Waals surface area (Å²) in [6, 6.07) is 0. The molecule has 0 saturated carbocycles. The number of rotatable bonds is 5. The first-order chi connectivity index (χ1) is 8.13. The summed E-state index contributed by atoms with van der Waals surface area (Å²) in [4.78, 5) is 14.7. The molecule has 0 spiro atoms. The average molecular weight is 240 g/mol. The zero-order chi connectivity index (χ0) is 12.9. The van der Waals surface area contributed by atoms with E-state index in [9.17, 15) is 4.79 Å². The van der Waals surface area contributed by atoms with Crippen molar-refractivity contribution in [2.45, 2.75) is 52.9 Å². The second-order valence-corrected chi connectivity index (χ2v) is 5.36. The third-order valence-corrected chi connectivity index (χ3v) is 4.58. The minimum absolute atomic E-state index is 0.295. The van der Waals surface area contributed by atoms with Crippen molar-refractivity contribution < 1.29 is 4.79 Å². The van der Waals surface area contributed by atoms with Gasteiger partial charge >= 0.3 is 0 Å². The molecule has 2 N–H and O–H groups in total. The van der Waals surface area contributed by atoms with Crippen molar-refractivity contribution in [1.82, 2.24) is 4.90 Å². The maximum atomic E-state index is 12.6. The van der Waals surface area contributed by atoms with E-state index in [-0.39, 0.29) is 5.41 Å². The second-order valence-electron chi connectivity index (χ2n) is 5.36. The van der Waals surface area contributed by atoms with Crippen LogP contribution >= 0.6 is 0 Å². The summed E-state index contributed by atoms with van der Waals surface area (Å²) in [6.45, 7) is 8.72. The van der Waals surface area contributed by atoms with Gasteiger partial charge in [-0.1, -0.05) is 27.2 Å². The van der Waals surface area contributed by atoms with Crippen LogP contribution in [0.25, 0.3) is 0 Å². The number of carbonyl (C=O) groups excluding carboxylic acids is 1. The Morgan fingerprint density at radius 3 is 2.47 bits per heavy atom. The first-order valence-corrected chi connectivity index (χ1v) is 7.13. The fraction of sp³-hybridized carbons (Fsp3) is 0.929. The maximum Gasteiger partial charge on any atom is 0.230 e. The van der Waals surface area contributed by atoms with E-state index in [1.807, 2.05) is 0 Å². The summed E-state index contributed by atoms with van der Waals surface area (Å²) in [7, 11) is 0. The lowest BCUT2D eigenvalue weighted by atomic mass is 9.80. The van der Waals surface area contributed by atoms with Crippen molar-refractivity contribution in [2.24, 2.45) is 17.1 Å². The van der Waals surface area contributed by atoms with Gasteiger partial charge in [0.2, 0.25) is 5.91 Å². The Balaban J connectivity index is 2.73. The highest BCUT2D eigenvalue weighted by molar-refractivity contribution is 5.83. The number of hydrogen-bond donors (Lipinski definition) is 1. The van der Waals surface area contributed by atoms with E-state index >= 15 is 0 Å². The molecular formula is C14H28N2O. The van der Waals surface area contributed by atoms with Crippen LogP contribution in [0.1, 0.15) is 52.9 Å². The molecule has 0 aliphatic carbocycles. The van der Waals surface area contributed by atoms with Gasteiger partial charge < -0.3 is 10.6 Å². The highest BCUT2D eigenvalue weighted by Crippen LogP contribution is 2.30. The lowest BCUT2D eigenvalue weighted by Gasteiger charge is -2.39. The van der Waals surface area contributed by atoms with Gasteiger partial charge in [0.15, 0.2) is 0 Å². The third kappa shape index (κ3) is 3.01. The molecule has 3 heteroatoms. The second kappa shape index (κ2) is 6.39. The molecule has 1 fully saturated rings. The molecule has 1 aliphatic rings. The first kappa shape index (κ1) is 14.5. The Morgan fingerprint density at radius 2 is 2.00 bits per heavy atom. The Hall–Kier alpha value is -0.570. The molecule has 1 unspecified atom stereocenters. The number of likely N-dealkylation sites (tertiary alicyclic amines) is 1. The van der Waals surface area contributed by atoms with E-state index in [2.05, 4.69) is 25.7 Å². The molecule has 1 saturated heterocycles. The Bertz CT molecular complexity index is 240. The first-order valence-electron chi connectivity index (χ1n) is 7.13. The van der Waals surface area contributed by atoms with Gasteiger partial charge in [0.25, 0.3) is 0 Å². The molecule has 1 aliphatic heterocycles. The number of nitrogens with zero attached hydrogens (tertiary/aromatic N) is 1. The topological polar surface area (TPSA) is 46.3 Å². The van der Waals surface area contributed by atoms with Crippen molar-refractivity contribution in [3.63, 3.8) is 0 Å². The van der Waals surface area contributed by atoms with Crippen molar-refractivity contribution in [2.75, 3.05) is 19.6 Å². The van der Waals surface area contributed by atoms with Gasteiger partial charge in [-0.15, -0.1) is 0 Å². The number of nitrogens with two attached hydrogens (primary N) is 1. The van der Waals surface area contributed by atoms with Crippen LogP contribution in [0.5, 0.6) is 0 Å². The lowest BCUT2D eigenvalue weighted by molar-refractivity contribution is -0.144. The highest BCUT2D eigenvalue weighted by atomic mass is 16.2. The highest BCUT2D eigenvalue weighted by Gasteiger charge is 2.38.